The minimum atomic E-state index is -0.708. The number of nitrogens with zero attached hydrogens (tertiary/aromatic N) is 1. The SMILES string of the molecule is CC(C)C[C@H](C(=O)OC1CCCC1)N(Cc1ccc(CCC=O)cc1)C(=O)OC(C)(C)C. The summed E-state index contributed by atoms with van der Waals surface area (Å²) in [7, 11) is 0. The first-order valence-electron chi connectivity index (χ1n) is 11.8. The number of amides is 1. The molecule has 1 aliphatic rings. The van der Waals surface area contributed by atoms with E-state index in [9.17, 15) is 14.4 Å². The van der Waals surface area contributed by atoms with Gasteiger partial charge < -0.3 is 14.3 Å². The molecule has 1 aromatic carbocycles. The molecule has 0 spiro atoms. The first-order chi connectivity index (χ1) is 15.1. The van der Waals surface area contributed by atoms with Gasteiger partial charge in [-0.3, -0.25) is 4.90 Å². The average molecular weight is 446 g/mol. The summed E-state index contributed by atoms with van der Waals surface area (Å²) < 4.78 is 11.5. The van der Waals surface area contributed by atoms with Crippen molar-refractivity contribution in [3.8, 4) is 0 Å². The van der Waals surface area contributed by atoms with Crippen LogP contribution in [0.4, 0.5) is 4.79 Å². The van der Waals surface area contributed by atoms with Crippen LogP contribution in [0, 0.1) is 5.92 Å². The molecule has 1 saturated carbocycles. The number of rotatable bonds is 10. The molecule has 2 rings (SSSR count). The van der Waals surface area contributed by atoms with E-state index >= 15 is 0 Å². The van der Waals surface area contributed by atoms with Crippen LogP contribution in [0.25, 0.3) is 0 Å². The van der Waals surface area contributed by atoms with Crippen molar-refractivity contribution in [2.45, 2.75) is 104 Å². The molecule has 1 atom stereocenters. The van der Waals surface area contributed by atoms with Gasteiger partial charge in [0.15, 0.2) is 0 Å². The van der Waals surface area contributed by atoms with Gasteiger partial charge in [0.05, 0.1) is 0 Å². The van der Waals surface area contributed by atoms with Crippen molar-refractivity contribution < 1.29 is 23.9 Å². The van der Waals surface area contributed by atoms with Gasteiger partial charge in [-0.15, -0.1) is 0 Å². The van der Waals surface area contributed by atoms with E-state index in [1.807, 2.05) is 58.9 Å². The lowest BCUT2D eigenvalue weighted by Crippen LogP contribution is -2.48. The minimum Gasteiger partial charge on any atom is -0.461 e. The van der Waals surface area contributed by atoms with Crippen LogP contribution < -0.4 is 0 Å². The summed E-state index contributed by atoms with van der Waals surface area (Å²) in [6.07, 6.45) is 5.90. The molecule has 0 N–H and O–H groups in total. The maximum absolute atomic E-state index is 13.2. The zero-order valence-corrected chi connectivity index (χ0v) is 20.3. The van der Waals surface area contributed by atoms with E-state index in [0.29, 0.717) is 19.3 Å². The van der Waals surface area contributed by atoms with Crippen molar-refractivity contribution in [1.82, 2.24) is 4.90 Å². The maximum atomic E-state index is 13.2. The third kappa shape index (κ3) is 8.64. The van der Waals surface area contributed by atoms with Gasteiger partial charge in [0, 0.05) is 13.0 Å². The highest BCUT2D eigenvalue weighted by atomic mass is 16.6. The zero-order valence-electron chi connectivity index (χ0n) is 20.3. The second kappa shape index (κ2) is 12.0. The van der Waals surface area contributed by atoms with Gasteiger partial charge in [-0.05, 0) is 76.3 Å². The Morgan fingerprint density at radius 3 is 2.22 bits per heavy atom. The Morgan fingerprint density at radius 2 is 1.69 bits per heavy atom. The average Bonchev–Trinajstić information content (AvgIpc) is 3.21. The van der Waals surface area contributed by atoms with Crippen LogP contribution in [-0.4, -0.2) is 41.0 Å². The fourth-order valence-electron chi connectivity index (χ4n) is 3.90. The number of carbonyl (C=O) groups excluding carboxylic acids is 3. The predicted molar refractivity (Wildman–Crippen MR) is 124 cm³/mol. The van der Waals surface area contributed by atoms with Crippen LogP contribution in [0.2, 0.25) is 0 Å². The van der Waals surface area contributed by atoms with E-state index in [1.54, 1.807) is 0 Å². The Labute approximate surface area is 192 Å². The lowest BCUT2D eigenvalue weighted by molar-refractivity contribution is -0.156. The molecule has 6 nitrogen and oxygen atoms in total. The number of hydrogen-bond acceptors (Lipinski definition) is 5. The Bertz CT molecular complexity index is 744. The smallest absolute Gasteiger partial charge is 0.411 e. The van der Waals surface area contributed by atoms with Gasteiger partial charge in [-0.1, -0.05) is 38.1 Å². The minimum absolute atomic E-state index is 0.0604. The highest BCUT2D eigenvalue weighted by Crippen LogP contribution is 2.25. The van der Waals surface area contributed by atoms with Crippen LogP contribution in [0.3, 0.4) is 0 Å². The highest BCUT2D eigenvalue weighted by Gasteiger charge is 2.36. The molecule has 0 bridgehead atoms. The molecule has 1 aromatic rings. The molecule has 0 heterocycles. The third-order valence-electron chi connectivity index (χ3n) is 5.48. The van der Waals surface area contributed by atoms with Crippen molar-refractivity contribution in [3.05, 3.63) is 35.4 Å². The monoisotopic (exact) mass is 445 g/mol. The quantitative estimate of drug-likeness (QED) is 0.353. The summed E-state index contributed by atoms with van der Waals surface area (Å²) in [5, 5.41) is 0. The Hall–Kier alpha value is -2.37. The fourth-order valence-corrected chi connectivity index (χ4v) is 3.90. The molecular formula is C26H39NO5. The van der Waals surface area contributed by atoms with E-state index in [1.165, 1.54) is 4.90 Å². The molecule has 1 amide bonds. The maximum Gasteiger partial charge on any atom is 0.411 e. The van der Waals surface area contributed by atoms with E-state index in [4.69, 9.17) is 9.47 Å². The number of esters is 1. The van der Waals surface area contributed by atoms with Crippen LogP contribution in [0.5, 0.6) is 0 Å². The summed E-state index contributed by atoms with van der Waals surface area (Å²) in [5.74, 6) is -0.147. The molecule has 1 aliphatic carbocycles. The van der Waals surface area contributed by atoms with Crippen molar-refractivity contribution in [3.63, 3.8) is 0 Å². The Morgan fingerprint density at radius 1 is 1.09 bits per heavy atom. The van der Waals surface area contributed by atoms with Gasteiger partial charge in [-0.25, -0.2) is 9.59 Å². The number of ether oxygens (including phenoxy) is 2. The Balaban J connectivity index is 2.27. The molecule has 0 aliphatic heterocycles. The molecule has 0 radical (unpaired) electrons. The van der Waals surface area contributed by atoms with Gasteiger partial charge in [0.25, 0.3) is 0 Å². The van der Waals surface area contributed by atoms with E-state index in [0.717, 1.165) is 43.1 Å². The number of aldehydes is 1. The molecule has 32 heavy (non-hydrogen) atoms. The van der Waals surface area contributed by atoms with Crippen molar-refractivity contribution in [2.24, 2.45) is 5.92 Å². The summed E-state index contributed by atoms with van der Waals surface area (Å²) in [6, 6.07) is 7.08. The summed E-state index contributed by atoms with van der Waals surface area (Å²) in [5.41, 5.74) is 1.28. The first-order valence-corrected chi connectivity index (χ1v) is 11.8. The first kappa shape index (κ1) is 25.9. The summed E-state index contributed by atoms with van der Waals surface area (Å²) >= 11 is 0. The molecular weight excluding hydrogens is 406 g/mol. The summed E-state index contributed by atoms with van der Waals surface area (Å²) in [6.45, 7) is 9.77. The van der Waals surface area contributed by atoms with Crippen LogP contribution in [0.1, 0.15) is 84.3 Å². The third-order valence-corrected chi connectivity index (χ3v) is 5.48. The lowest BCUT2D eigenvalue weighted by Gasteiger charge is -2.34. The molecule has 0 saturated heterocycles. The fraction of sp³-hybridized carbons (Fsp3) is 0.654. The normalized spacial score (nSPS) is 15.4. The van der Waals surface area contributed by atoms with Gasteiger partial charge >= 0.3 is 12.1 Å². The lowest BCUT2D eigenvalue weighted by atomic mass is 10.0. The largest absolute Gasteiger partial charge is 0.461 e. The van der Waals surface area contributed by atoms with Crippen molar-refractivity contribution in [1.29, 1.82) is 0 Å². The topological polar surface area (TPSA) is 72.9 Å². The van der Waals surface area contributed by atoms with Crippen molar-refractivity contribution >= 4 is 18.3 Å². The van der Waals surface area contributed by atoms with Crippen LogP contribution in [0.15, 0.2) is 24.3 Å². The number of benzene rings is 1. The number of carbonyl (C=O) groups is 3. The van der Waals surface area contributed by atoms with Crippen LogP contribution >= 0.6 is 0 Å². The molecule has 6 heteroatoms. The summed E-state index contributed by atoms with van der Waals surface area (Å²) in [4.78, 5) is 38.5. The molecule has 0 unspecified atom stereocenters. The Kier molecular flexibility index (Phi) is 9.73. The standard InChI is InChI=1S/C26H39NO5/c1-19(2)17-23(24(29)31-22-10-6-7-11-22)27(25(30)32-26(3,4)5)18-21-14-12-20(13-15-21)9-8-16-28/h12-16,19,22-23H,6-11,17-18H2,1-5H3/t23-/m1/s1. The van der Waals surface area contributed by atoms with E-state index < -0.39 is 17.7 Å². The van der Waals surface area contributed by atoms with Gasteiger partial charge in [-0.2, -0.15) is 0 Å². The number of hydrogen-bond donors (Lipinski definition) is 0. The second-order valence-electron chi connectivity index (χ2n) is 10.1. The predicted octanol–water partition coefficient (Wildman–Crippen LogP) is 5.46. The van der Waals surface area contributed by atoms with Crippen LogP contribution in [-0.2, 0) is 32.0 Å². The molecule has 0 aromatic heterocycles. The van der Waals surface area contributed by atoms with Crippen molar-refractivity contribution in [2.75, 3.05) is 0 Å². The highest BCUT2D eigenvalue weighted by molar-refractivity contribution is 5.81. The van der Waals surface area contributed by atoms with E-state index in [2.05, 4.69) is 0 Å². The number of aryl methyl sites for hydroxylation is 1. The van der Waals surface area contributed by atoms with E-state index in [-0.39, 0.29) is 24.5 Å². The molecule has 178 valence electrons. The second-order valence-corrected chi connectivity index (χ2v) is 10.1. The van der Waals surface area contributed by atoms with Gasteiger partial charge in [0.1, 0.15) is 24.0 Å². The van der Waals surface area contributed by atoms with Gasteiger partial charge in [0.2, 0.25) is 0 Å². The zero-order chi connectivity index (χ0) is 23.7. The molecule has 1 fully saturated rings.